The Hall–Kier alpha value is -0.930. The van der Waals surface area contributed by atoms with Crippen LogP contribution in [0.4, 0.5) is 0 Å². The van der Waals surface area contributed by atoms with E-state index in [1.54, 1.807) is 0 Å². The van der Waals surface area contributed by atoms with Crippen LogP contribution in [0.15, 0.2) is 0 Å². The minimum atomic E-state index is -3.49. The summed E-state index contributed by atoms with van der Waals surface area (Å²) in [6.07, 6.45) is -27.0. The van der Waals surface area contributed by atoms with E-state index in [0.717, 1.165) is 0 Å². The summed E-state index contributed by atoms with van der Waals surface area (Å²) in [5.74, 6) is 0. The molecule has 14 atom stereocenters. The number of carbonyl (C=O) groups is 1. The number of rotatable bonds is 9. The SMILES string of the molecule is O=C[C@](O)([C@@H](O)[C@](O)([C@H](O)CO)[C@H]1O[C@H](CO)[C@@H](O)[C@H](O)[C@H]1O)[C@H]1O[C@H](CO)[C@@H](O)[C@H](O)[C@H]1O. The number of ether oxygens (including phenoxy) is 2. The third-order valence-electron chi connectivity index (χ3n) is 6.47. The van der Waals surface area contributed by atoms with Gasteiger partial charge in [-0.25, -0.2) is 0 Å². The fraction of sp³-hybridized carbons (Fsp3) is 0.944. The van der Waals surface area contributed by atoms with Crippen LogP contribution in [-0.4, -0.2) is 177 Å². The second-order valence-electron chi connectivity index (χ2n) is 8.49. The van der Waals surface area contributed by atoms with E-state index < -0.39 is 111 Å². The lowest BCUT2D eigenvalue weighted by Crippen LogP contribution is -2.78. The maximum atomic E-state index is 12.0. The first kappa shape index (κ1) is 29.3. The van der Waals surface area contributed by atoms with Crippen LogP contribution in [0.2, 0.25) is 0 Å². The molecule has 0 aromatic heterocycles. The first-order valence-corrected chi connectivity index (χ1v) is 10.3. The highest BCUT2D eigenvalue weighted by atomic mass is 16.6. The largest absolute Gasteiger partial charge is 0.394 e. The molecule has 16 heteroatoms. The zero-order valence-electron chi connectivity index (χ0n) is 17.7. The van der Waals surface area contributed by atoms with Gasteiger partial charge in [-0.05, 0) is 0 Å². The Morgan fingerprint density at radius 1 is 0.706 bits per heavy atom. The summed E-state index contributed by atoms with van der Waals surface area (Å²) >= 11 is 0. The van der Waals surface area contributed by atoms with Gasteiger partial charge in [-0.15, -0.1) is 0 Å². The fourth-order valence-corrected chi connectivity index (χ4v) is 4.30. The third kappa shape index (κ3) is 4.61. The van der Waals surface area contributed by atoms with Gasteiger partial charge in [0.15, 0.2) is 17.5 Å². The maximum Gasteiger partial charge on any atom is 0.177 e. The molecule has 2 fully saturated rings. The predicted octanol–water partition coefficient (Wildman–Crippen LogP) is -8.95. The van der Waals surface area contributed by atoms with Gasteiger partial charge in [0.05, 0.1) is 19.8 Å². The maximum absolute atomic E-state index is 12.0. The number of aliphatic hydroxyl groups is 13. The smallest absolute Gasteiger partial charge is 0.177 e. The van der Waals surface area contributed by atoms with Crippen LogP contribution in [0.25, 0.3) is 0 Å². The molecule has 200 valence electrons. The molecule has 0 aromatic rings. The first-order chi connectivity index (χ1) is 15.8. The van der Waals surface area contributed by atoms with Gasteiger partial charge >= 0.3 is 0 Å². The Balaban J connectivity index is 2.57. The number of aliphatic hydroxyl groups excluding tert-OH is 11. The molecule has 34 heavy (non-hydrogen) atoms. The summed E-state index contributed by atoms with van der Waals surface area (Å²) in [7, 11) is 0. The van der Waals surface area contributed by atoms with Gasteiger partial charge in [0.1, 0.15) is 73.2 Å². The number of hydrogen-bond acceptors (Lipinski definition) is 16. The standard InChI is InChI=1S/C18H32O16/c19-1-5-8(24)10(26)12(28)14(33-5)17(31,4-22)16(30)18(32,7(23)3-21)15-13(29)11(27)9(25)6(2-20)34-15/h4-16,19-21,23-32H,1-3H2/t5-,6-,7-,8-,9-,10+,11+,12-,13-,14+,15+,16-,17-,18+/m1/s1. The Kier molecular flexibility index (Phi) is 9.47. The molecule has 0 spiro atoms. The molecule has 2 rings (SSSR count). The van der Waals surface area contributed by atoms with Gasteiger partial charge < -0.3 is 75.9 Å². The average Bonchev–Trinajstić information content (AvgIpc) is 2.84. The molecule has 16 nitrogen and oxygen atoms in total. The molecule has 0 bridgehead atoms. The minimum Gasteiger partial charge on any atom is -0.394 e. The van der Waals surface area contributed by atoms with Crippen molar-refractivity contribution in [3.05, 3.63) is 0 Å². The monoisotopic (exact) mass is 504 g/mol. The number of aldehydes is 1. The van der Waals surface area contributed by atoms with Crippen molar-refractivity contribution in [3.63, 3.8) is 0 Å². The van der Waals surface area contributed by atoms with Gasteiger partial charge in [0.2, 0.25) is 0 Å². The fourth-order valence-electron chi connectivity index (χ4n) is 4.30. The highest BCUT2D eigenvalue weighted by molar-refractivity contribution is 5.65. The van der Waals surface area contributed by atoms with Crippen molar-refractivity contribution in [2.45, 2.75) is 84.4 Å². The van der Waals surface area contributed by atoms with Crippen molar-refractivity contribution >= 4 is 6.29 Å². The molecule has 2 aliphatic heterocycles. The van der Waals surface area contributed by atoms with Crippen LogP contribution in [-0.2, 0) is 14.3 Å². The Labute approximate surface area is 192 Å². The molecule has 0 radical (unpaired) electrons. The van der Waals surface area contributed by atoms with Gasteiger partial charge in [-0.2, -0.15) is 0 Å². The highest BCUT2D eigenvalue weighted by Crippen LogP contribution is 2.39. The third-order valence-corrected chi connectivity index (χ3v) is 6.47. The molecule has 2 aliphatic rings. The van der Waals surface area contributed by atoms with E-state index in [9.17, 15) is 71.2 Å². The van der Waals surface area contributed by atoms with Crippen molar-refractivity contribution < 1.29 is 80.7 Å². The first-order valence-electron chi connectivity index (χ1n) is 10.3. The lowest BCUT2D eigenvalue weighted by molar-refractivity contribution is -0.333. The quantitative estimate of drug-likeness (QED) is 0.130. The van der Waals surface area contributed by atoms with Gasteiger partial charge in [-0.1, -0.05) is 0 Å². The Bertz CT molecular complexity index is 678. The van der Waals surface area contributed by atoms with Gasteiger partial charge in [0.25, 0.3) is 0 Å². The van der Waals surface area contributed by atoms with E-state index in [0.29, 0.717) is 0 Å². The second kappa shape index (κ2) is 11.0. The molecule has 0 amide bonds. The lowest BCUT2D eigenvalue weighted by atomic mass is 9.70. The van der Waals surface area contributed by atoms with Crippen molar-refractivity contribution in [1.82, 2.24) is 0 Å². The summed E-state index contributed by atoms with van der Waals surface area (Å²) in [4.78, 5) is 12.0. The van der Waals surface area contributed by atoms with Crippen molar-refractivity contribution in [2.24, 2.45) is 0 Å². The minimum absolute atomic E-state index is 0.469. The van der Waals surface area contributed by atoms with E-state index in [2.05, 4.69) is 0 Å². The summed E-state index contributed by atoms with van der Waals surface area (Å²) in [6.45, 7) is -3.40. The van der Waals surface area contributed by atoms with E-state index >= 15 is 0 Å². The summed E-state index contributed by atoms with van der Waals surface area (Å²) in [6, 6.07) is 0. The van der Waals surface area contributed by atoms with E-state index in [1.165, 1.54) is 0 Å². The molecular formula is C18H32O16. The van der Waals surface area contributed by atoms with Crippen LogP contribution < -0.4 is 0 Å². The summed E-state index contributed by atoms with van der Waals surface area (Å²) in [5.41, 5.74) is -6.96. The van der Waals surface area contributed by atoms with Crippen LogP contribution in [0, 0.1) is 0 Å². The van der Waals surface area contributed by atoms with Crippen molar-refractivity contribution in [3.8, 4) is 0 Å². The van der Waals surface area contributed by atoms with E-state index in [-0.39, 0.29) is 0 Å². The topological polar surface area (TPSA) is 299 Å². The highest BCUT2D eigenvalue weighted by Gasteiger charge is 2.66. The molecule has 0 unspecified atom stereocenters. The zero-order valence-corrected chi connectivity index (χ0v) is 17.7. The average molecular weight is 504 g/mol. The van der Waals surface area contributed by atoms with Gasteiger partial charge in [0, 0.05) is 0 Å². The zero-order chi connectivity index (χ0) is 26.2. The number of carbonyl (C=O) groups excluding carboxylic acids is 1. The molecule has 0 aromatic carbocycles. The summed E-state index contributed by atoms with van der Waals surface area (Å²) < 4.78 is 10.2. The predicted molar refractivity (Wildman–Crippen MR) is 103 cm³/mol. The number of hydrogen-bond donors (Lipinski definition) is 13. The van der Waals surface area contributed by atoms with Crippen LogP contribution in [0.1, 0.15) is 0 Å². The second-order valence-corrected chi connectivity index (χ2v) is 8.49. The lowest BCUT2D eigenvalue weighted by Gasteiger charge is -2.54. The van der Waals surface area contributed by atoms with Gasteiger partial charge in [-0.3, -0.25) is 4.79 Å². The van der Waals surface area contributed by atoms with E-state index in [1.807, 2.05) is 0 Å². The molecule has 0 aliphatic carbocycles. The molecule has 0 saturated carbocycles. The normalized spacial score (nSPS) is 44.5. The Morgan fingerprint density at radius 3 is 1.50 bits per heavy atom. The van der Waals surface area contributed by atoms with E-state index in [4.69, 9.17) is 9.47 Å². The van der Waals surface area contributed by atoms with Crippen LogP contribution in [0.3, 0.4) is 0 Å². The molecule has 2 saturated heterocycles. The van der Waals surface area contributed by atoms with Crippen LogP contribution >= 0.6 is 0 Å². The van der Waals surface area contributed by atoms with Crippen LogP contribution in [0.5, 0.6) is 0 Å². The molecular weight excluding hydrogens is 472 g/mol. The molecule has 13 N–H and O–H groups in total. The Morgan fingerprint density at radius 2 is 1.12 bits per heavy atom. The van der Waals surface area contributed by atoms with Crippen molar-refractivity contribution in [1.29, 1.82) is 0 Å². The molecule has 2 heterocycles. The summed E-state index contributed by atoms with van der Waals surface area (Å²) in [5, 5.41) is 132. The van der Waals surface area contributed by atoms with Crippen molar-refractivity contribution in [2.75, 3.05) is 19.8 Å².